The highest BCUT2D eigenvalue weighted by atomic mass is 15.0. The molecule has 2 heterocycles. The summed E-state index contributed by atoms with van der Waals surface area (Å²) < 4.78 is 0. The van der Waals surface area contributed by atoms with E-state index in [4.69, 9.17) is 0 Å². The lowest BCUT2D eigenvalue weighted by atomic mass is 9.96. The van der Waals surface area contributed by atoms with Crippen LogP contribution in [0.1, 0.15) is 36.2 Å². The largest absolute Gasteiger partial charge is 0.340 e. The lowest BCUT2D eigenvalue weighted by Gasteiger charge is -2.11. The Morgan fingerprint density at radius 1 is 1.21 bits per heavy atom. The number of aryl methyl sites for hydroxylation is 1. The van der Waals surface area contributed by atoms with E-state index in [9.17, 15) is 0 Å². The predicted octanol–water partition coefficient (Wildman–Crippen LogP) is 3.81. The van der Waals surface area contributed by atoms with Gasteiger partial charge in [-0.25, -0.2) is 9.97 Å². The maximum atomic E-state index is 4.63. The fourth-order valence-electron chi connectivity index (χ4n) is 2.46. The first kappa shape index (κ1) is 11.9. The molecule has 19 heavy (non-hydrogen) atoms. The molecule has 1 aromatic carbocycles. The Balaban J connectivity index is 2.07. The van der Waals surface area contributed by atoms with Crippen molar-refractivity contribution < 1.29 is 0 Å². The number of hydrogen-bond acceptors (Lipinski definition) is 2. The normalized spacial score (nSPS) is 12.7. The third-order valence-corrected chi connectivity index (χ3v) is 3.43. The van der Waals surface area contributed by atoms with Gasteiger partial charge in [-0.05, 0) is 30.5 Å². The van der Waals surface area contributed by atoms with Crippen molar-refractivity contribution in [1.82, 2.24) is 15.0 Å². The lowest BCUT2D eigenvalue weighted by Crippen LogP contribution is -2.01. The zero-order valence-corrected chi connectivity index (χ0v) is 11.2. The number of aromatic nitrogens is 3. The molecule has 2 aromatic heterocycles. The highest BCUT2D eigenvalue weighted by Crippen LogP contribution is 2.26. The molecule has 1 unspecified atom stereocenters. The zero-order chi connectivity index (χ0) is 13.2. The van der Waals surface area contributed by atoms with Gasteiger partial charge >= 0.3 is 0 Å². The average Bonchev–Trinajstić information content (AvgIpc) is 2.83. The molecule has 0 spiro atoms. The van der Waals surface area contributed by atoms with Gasteiger partial charge in [0.1, 0.15) is 5.82 Å². The van der Waals surface area contributed by atoms with Crippen molar-refractivity contribution in [3.8, 4) is 0 Å². The standard InChI is InChI=1S/C16H17N3/c1-3-13(12-7-5-4-6-8-12)15-18-14-9-11(2)10-17-16(14)19-15/h4-10,13H,3H2,1-2H3,(H,17,18,19). The maximum Gasteiger partial charge on any atom is 0.177 e. The van der Waals surface area contributed by atoms with Gasteiger partial charge in [-0.1, -0.05) is 37.3 Å². The van der Waals surface area contributed by atoms with E-state index in [2.05, 4.69) is 52.2 Å². The first-order valence-electron chi connectivity index (χ1n) is 6.65. The first-order valence-corrected chi connectivity index (χ1v) is 6.65. The van der Waals surface area contributed by atoms with Crippen LogP contribution in [-0.4, -0.2) is 15.0 Å². The Kier molecular flexibility index (Phi) is 3.03. The molecule has 0 saturated carbocycles. The molecular weight excluding hydrogens is 234 g/mol. The second-order valence-corrected chi connectivity index (χ2v) is 4.88. The van der Waals surface area contributed by atoms with Crippen LogP contribution in [0.25, 0.3) is 11.2 Å². The van der Waals surface area contributed by atoms with Crippen molar-refractivity contribution in [3.63, 3.8) is 0 Å². The van der Waals surface area contributed by atoms with Crippen LogP contribution >= 0.6 is 0 Å². The number of hydrogen-bond donors (Lipinski definition) is 1. The molecule has 0 fully saturated rings. The molecule has 3 aromatic rings. The molecule has 0 amide bonds. The Morgan fingerprint density at radius 2 is 2.00 bits per heavy atom. The summed E-state index contributed by atoms with van der Waals surface area (Å²) in [5, 5.41) is 0. The quantitative estimate of drug-likeness (QED) is 0.769. The predicted molar refractivity (Wildman–Crippen MR) is 77.2 cm³/mol. The molecular formula is C16H17N3. The number of benzene rings is 1. The summed E-state index contributed by atoms with van der Waals surface area (Å²) >= 11 is 0. The molecule has 0 radical (unpaired) electrons. The Hall–Kier alpha value is -2.16. The minimum absolute atomic E-state index is 0.302. The van der Waals surface area contributed by atoms with Gasteiger partial charge in [0.2, 0.25) is 0 Å². The van der Waals surface area contributed by atoms with Crippen LogP contribution in [0.3, 0.4) is 0 Å². The van der Waals surface area contributed by atoms with E-state index in [1.54, 1.807) is 0 Å². The summed E-state index contributed by atoms with van der Waals surface area (Å²) in [4.78, 5) is 12.4. The van der Waals surface area contributed by atoms with Gasteiger partial charge in [-0.3, -0.25) is 0 Å². The number of pyridine rings is 1. The van der Waals surface area contributed by atoms with Crippen molar-refractivity contribution in [2.24, 2.45) is 0 Å². The third-order valence-electron chi connectivity index (χ3n) is 3.43. The van der Waals surface area contributed by atoms with Gasteiger partial charge in [0.15, 0.2) is 5.65 Å². The van der Waals surface area contributed by atoms with Crippen molar-refractivity contribution in [1.29, 1.82) is 0 Å². The summed E-state index contributed by atoms with van der Waals surface area (Å²) in [7, 11) is 0. The van der Waals surface area contributed by atoms with Crippen LogP contribution in [0.2, 0.25) is 0 Å². The molecule has 1 N–H and O–H groups in total. The molecule has 3 rings (SSSR count). The van der Waals surface area contributed by atoms with Crippen molar-refractivity contribution in [3.05, 3.63) is 59.5 Å². The second-order valence-electron chi connectivity index (χ2n) is 4.88. The smallest absolute Gasteiger partial charge is 0.177 e. The van der Waals surface area contributed by atoms with E-state index in [0.29, 0.717) is 5.92 Å². The molecule has 3 nitrogen and oxygen atoms in total. The topological polar surface area (TPSA) is 41.6 Å². The van der Waals surface area contributed by atoms with Crippen LogP contribution in [0.4, 0.5) is 0 Å². The molecule has 0 aliphatic heterocycles. The number of nitrogens with one attached hydrogen (secondary N) is 1. The lowest BCUT2D eigenvalue weighted by molar-refractivity contribution is 0.732. The number of nitrogens with zero attached hydrogens (tertiary/aromatic N) is 2. The van der Waals surface area contributed by atoms with E-state index in [1.807, 2.05) is 19.2 Å². The van der Waals surface area contributed by atoms with Crippen molar-refractivity contribution >= 4 is 11.2 Å². The van der Waals surface area contributed by atoms with Gasteiger partial charge in [0.25, 0.3) is 0 Å². The number of aromatic amines is 1. The summed E-state index contributed by atoms with van der Waals surface area (Å²) in [6.07, 6.45) is 2.87. The van der Waals surface area contributed by atoms with Gasteiger partial charge < -0.3 is 4.98 Å². The second kappa shape index (κ2) is 4.84. The Bertz CT molecular complexity index is 686. The van der Waals surface area contributed by atoms with Crippen LogP contribution in [-0.2, 0) is 0 Å². The van der Waals surface area contributed by atoms with Gasteiger partial charge in [-0.2, -0.15) is 0 Å². The fraction of sp³-hybridized carbons (Fsp3) is 0.250. The SMILES string of the molecule is CCC(c1ccccc1)c1nc2ncc(C)cc2[nH]1. The summed E-state index contributed by atoms with van der Waals surface area (Å²) in [6.45, 7) is 4.23. The Labute approximate surface area is 112 Å². The third kappa shape index (κ3) is 2.24. The molecule has 1 atom stereocenters. The van der Waals surface area contributed by atoms with Crippen LogP contribution in [0.15, 0.2) is 42.6 Å². The van der Waals surface area contributed by atoms with E-state index in [0.717, 1.165) is 29.0 Å². The minimum Gasteiger partial charge on any atom is -0.340 e. The van der Waals surface area contributed by atoms with E-state index < -0.39 is 0 Å². The molecule has 3 heteroatoms. The molecule has 0 aliphatic rings. The number of fused-ring (bicyclic) bond motifs is 1. The summed E-state index contributed by atoms with van der Waals surface area (Å²) in [6, 6.07) is 12.6. The van der Waals surface area contributed by atoms with Crippen molar-refractivity contribution in [2.45, 2.75) is 26.2 Å². The number of rotatable bonds is 3. The molecule has 96 valence electrons. The first-order chi connectivity index (χ1) is 9.28. The number of H-pyrrole nitrogens is 1. The molecule has 0 aliphatic carbocycles. The van der Waals surface area contributed by atoms with Crippen LogP contribution in [0.5, 0.6) is 0 Å². The number of imidazole rings is 1. The maximum absolute atomic E-state index is 4.63. The molecule has 0 bridgehead atoms. The van der Waals surface area contributed by atoms with E-state index in [-0.39, 0.29) is 0 Å². The van der Waals surface area contributed by atoms with Crippen molar-refractivity contribution in [2.75, 3.05) is 0 Å². The van der Waals surface area contributed by atoms with Gasteiger partial charge in [-0.15, -0.1) is 0 Å². The van der Waals surface area contributed by atoms with E-state index >= 15 is 0 Å². The minimum atomic E-state index is 0.302. The van der Waals surface area contributed by atoms with E-state index in [1.165, 1.54) is 5.56 Å². The average molecular weight is 251 g/mol. The van der Waals surface area contributed by atoms with Gasteiger partial charge in [0, 0.05) is 12.1 Å². The summed E-state index contributed by atoms with van der Waals surface area (Å²) in [5.74, 6) is 1.30. The van der Waals surface area contributed by atoms with Gasteiger partial charge in [0.05, 0.1) is 5.52 Å². The Morgan fingerprint density at radius 3 is 2.74 bits per heavy atom. The fourth-order valence-corrected chi connectivity index (χ4v) is 2.46. The van der Waals surface area contributed by atoms with Crippen LogP contribution in [0, 0.1) is 6.92 Å². The van der Waals surface area contributed by atoms with Crippen LogP contribution < -0.4 is 0 Å². The monoisotopic (exact) mass is 251 g/mol. The summed E-state index contributed by atoms with van der Waals surface area (Å²) in [5.41, 5.74) is 4.26. The zero-order valence-electron chi connectivity index (χ0n) is 11.2. The highest BCUT2D eigenvalue weighted by molar-refractivity contribution is 5.71. The molecule has 0 saturated heterocycles. The highest BCUT2D eigenvalue weighted by Gasteiger charge is 2.16.